The van der Waals surface area contributed by atoms with Crippen molar-refractivity contribution in [3.63, 3.8) is 0 Å². The van der Waals surface area contributed by atoms with E-state index in [4.69, 9.17) is 44.3 Å². The molecule has 0 spiro atoms. The van der Waals surface area contributed by atoms with Crippen LogP contribution in [0.4, 0.5) is 5.69 Å². The molecule has 0 saturated carbocycles. The predicted molar refractivity (Wildman–Crippen MR) is 116 cm³/mol. The van der Waals surface area contributed by atoms with E-state index in [0.29, 0.717) is 33.2 Å². The molecule has 0 fully saturated rings. The van der Waals surface area contributed by atoms with Crippen LogP contribution in [0, 0.1) is 0 Å². The van der Waals surface area contributed by atoms with Crippen molar-refractivity contribution in [1.29, 1.82) is 0 Å². The van der Waals surface area contributed by atoms with Gasteiger partial charge in [0.05, 0.1) is 29.1 Å². The first-order valence-electron chi connectivity index (χ1n) is 8.34. The van der Waals surface area contributed by atoms with Crippen molar-refractivity contribution in [1.82, 2.24) is 0 Å². The van der Waals surface area contributed by atoms with Crippen molar-refractivity contribution in [3.8, 4) is 11.5 Å². The topological polar surface area (TPSA) is 42.8 Å². The van der Waals surface area contributed by atoms with Gasteiger partial charge in [-0.3, -0.25) is 5.43 Å². The number of methoxy groups -OCH3 is 1. The predicted octanol–water partition coefficient (Wildman–Crippen LogP) is 6.68. The lowest BCUT2D eigenvalue weighted by atomic mass is 10.2. The number of benzene rings is 3. The van der Waals surface area contributed by atoms with Gasteiger partial charge in [0.1, 0.15) is 6.61 Å². The third-order valence-electron chi connectivity index (χ3n) is 3.82. The Kier molecular flexibility index (Phi) is 7.04. The van der Waals surface area contributed by atoms with Gasteiger partial charge in [0, 0.05) is 5.02 Å². The lowest BCUT2D eigenvalue weighted by Gasteiger charge is -2.11. The van der Waals surface area contributed by atoms with E-state index in [-0.39, 0.29) is 0 Å². The summed E-state index contributed by atoms with van der Waals surface area (Å²) in [4.78, 5) is 0. The summed E-state index contributed by atoms with van der Waals surface area (Å²) in [5.41, 5.74) is 5.51. The van der Waals surface area contributed by atoms with Crippen molar-refractivity contribution in [2.24, 2.45) is 5.10 Å². The molecule has 4 nitrogen and oxygen atoms in total. The SMILES string of the molecule is COc1cc(C=NNc2ccc(Cl)c(Cl)c2)ccc1OCc1ccc(Cl)cc1. The largest absolute Gasteiger partial charge is 0.493 e. The van der Waals surface area contributed by atoms with Crippen molar-refractivity contribution < 1.29 is 9.47 Å². The highest BCUT2D eigenvalue weighted by Crippen LogP contribution is 2.29. The van der Waals surface area contributed by atoms with Crippen molar-refractivity contribution >= 4 is 46.7 Å². The van der Waals surface area contributed by atoms with Gasteiger partial charge in [-0.15, -0.1) is 0 Å². The first-order valence-corrected chi connectivity index (χ1v) is 9.48. The number of rotatable bonds is 7. The summed E-state index contributed by atoms with van der Waals surface area (Å²) in [5.74, 6) is 1.26. The number of halogens is 3. The van der Waals surface area contributed by atoms with Crippen LogP contribution in [0.25, 0.3) is 0 Å². The van der Waals surface area contributed by atoms with E-state index in [1.807, 2.05) is 42.5 Å². The molecule has 7 heteroatoms. The first kappa shape index (κ1) is 20.3. The molecule has 144 valence electrons. The monoisotopic (exact) mass is 434 g/mol. The van der Waals surface area contributed by atoms with Gasteiger partial charge < -0.3 is 9.47 Å². The summed E-state index contributed by atoms with van der Waals surface area (Å²) in [6.07, 6.45) is 1.67. The summed E-state index contributed by atoms with van der Waals surface area (Å²) in [7, 11) is 1.60. The van der Waals surface area contributed by atoms with Crippen LogP contribution in [0.1, 0.15) is 11.1 Å². The maximum absolute atomic E-state index is 5.99. The Morgan fingerprint density at radius 1 is 0.893 bits per heavy atom. The summed E-state index contributed by atoms with van der Waals surface area (Å²) in [5, 5.41) is 5.86. The molecule has 0 aliphatic carbocycles. The maximum atomic E-state index is 5.99. The van der Waals surface area contributed by atoms with Gasteiger partial charge in [-0.1, -0.05) is 46.9 Å². The quantitative estimate of drug-likeness (QED) is 0.332. The van der Waals surface area contributed by atoms with Gasteiger partial charge in [0.2, 0.25) is 0 Å². The van der Waals surface area contributed by atoms with Crippen LogP contribution in [0.3, 0.4) is 0 Å². The second kappa shape index (κ2) is 9.69. The maximum Gasteiger partial charge on any atom is 0.161 e. The molecule has 3 aromatic carbocycles. The molecule has 0 unspecified atom stereocenters. The van der Waals surface area contributed by atoms with E-state index in [1.165, 1.54) is 0 Å². The van der Waals surface area contributed by atoms with E-state index in [9.17, 15) is 0 Å². The Hall–Kier alpha value is -2.40. The van der Waals surface area contributed by atoms with Crippen molar-refractivity contribution in [2.75, 3.05) is 12.5 Å². The number of nitrogens with one attached hydrogen (secondary N) is 1. The van der Waals surface area contributed by atoms with Gasteiger partial charge in [-0.25, -0.2) is 0 Å². The Bertz CT molecular complexity index is 976. The molecule has 3 aromatic rings. The second-order valence-electron chi connectivity index (χ2n) is 5.82. The highest BCUT2D eigenvalue weighted by molar-refractivity contribution is 6.42. The fourth-order valence-electron chi connectivity index (χ4n) is 2.37. The van der Waals surface area contributed by atoms with Crippen LogP contribution in [-0.4, -0.2) is 13.3 Å². The fraction of sp³-hybridized carbons (Fsp3) is 0.0952. The van der Waals surface area contributed by atoms with Gasteiger partial charge in [0.25, 0.3) is 0 Å². The smallest absolute Gasteiger partial charge is 0.161 e. The van der Waals surface area contributed by atoms with E-state index in [2.05, 4.69) is 10.5 Å². The van der Waals surface area contributed by atoms with E-state index in [1.54, 1.807) is 31.5 Å². The zero-order valence-electron chi connectivity index (χ0n) is 15.0. The summed E-state index contributed by atoms with van der Waals surface area (Å²) in [6, 6.07) is 18.3. The van der Waals surface area contributed by atoms with Crippen LogP contribution in [0.5, 0.6) is 11.5 Å². The van der Waals surface area contributed by atoms with Gasteiger partial charge in [-0.2, -0.15) is 5.10 Å². The summed E-state index contributed by atoms with van der Waals surface area (Å²) >= 11 is 17.8. The van der Waals surface area contributed by atoms with Gasteiger partial charge in [-0.05, 0) is 59.7 Å². The molecule has 1 N–H and O–H groups in total. The lowest BCUT2D eigenvalue weighted by molar-refractivity contribution is 0.284. The number of hydrazone groups is 1. The third kappa shape index (κ3) is 5.55. The van der Waals surface area contributed by atoms with Crippen LogP contribution in [0.2, 0.25) is 15.1 Å². The fourth-order valence-corrected chi connectivity index (χ4v) is 2.80. The Morgan fingerprint density at radius 3 is 2.39 bits per heavy atom. The number of nitrogens with zero attached hydrogens (tertiary/aromatic N) is 1. The average Bonchev–Trinajstić information content (AvgIpc) is 2.70. The zero-order valence-corrected chi connectivity index (χ0v) is 17.2. The molecule has 0 radical (unpaired) electrons. The number of anilines is 1. The molecule has 0 aliphatic rings. The van der Waals surface area contributed by atoms with Gasteiger partial charge >= 0.3 is 0 Å². The Morgan fingerprint density at radius 2 is 1.68 bits per heavy atom. The van der Waals surface area contributed by atoms with Crippen LogP contribution >= 0.6 is 34.8 Å². The highest BCUT2D eigenvalue weighted by Gasteiger charge is 2.06. The molecule has 3 rings (SSSR count). The molecule has 0 amide bonds. The summed E-state index contributed by atoms with van der Waals surface area (Å²) < 4.78 is 11.3. The third-order valence-corrected chi connectivity index (χ3v) is 4.81. The first-order chi connectivity index (χ1) is 13.5. The van der Waals surface area contributed by atoms with Crippen molar-refractivity contribution in [3.05, 3.63) is 86.9 Å². The number of hydrogen-bond donors (Lipinski definition) is 1. The molecule has 0 aliphatic heterocycles. The minimum Gasteiger partial charge on any atom is -0.493 e. The molecule has 0 aromatic heterocycles. The molecule has 0 bridgehead atoms. The van der Waals surface area contributed by atoms with E-state index >= 15 is 0 Å². The summed E-state index contributed by atoms with van der Waals surface area (Å²) in [6.45, 7) is 0.417. The Balaban J connectivity index is 1.64. The number of ether oxygens (including phenoxy) is 2. The minimum absolute atomic E-state index is 0.417. The highest BCUT2D eigenvalue weighted by atomic mass is 35.5. The molecule has 0 heterocycles. The van der Waals surface area contributed by atoms with E-state index in [0.717, 1.165) is 16.8 Å². The molecule has 0 saturated heterocycles. The van der Waals surface area contributed by atoms with Gasteiger partial charge in [0.15, 0.2) is 11.5 Å². The molecular weight excluding hydrogens is 419 g/mol. The average molecular weight is 436 g/mol. The zero-order chi connectivity index (χ0) is 19.9. The lowest BCUT2D eigenvalue weighted by Crippen LogP contribution is -1.98. The molecule has 28 heavy (non-hydrogen) atoms. The standard InChI is InChI=1S/C21H17Cl3N2O2/c1-27-21-10-15(12-25-26-17-7-8-18(23)19(24)11-17)4-9-20(21)28-13-14-2-5-16(22)6-3-14/h2-12,26H,13H2,1H3. The number of hydrogen-bond acceptors (Lipinski definition) is 4. The van der Waals surface area contributed by atoms with Crippen LogP contribution in [0.15, 0.2) is 65.8 Å². The van der Waals surface area contributed by atoms with E-state index < -0.39 is 0 Å². The Labute approximate surface area is 178 Å². The molecule has 0 atom stereocenters. The minimum atomic E-state index is 0.417. The van der Waals surface area contributed by atoms with Crippen LogP contribution < -0.4 is 14.9 Å². The second-order valence-corrected chi connectivity index (χ2v) is 7.08. The van der Waals surface area contributed by atoms with Crippen LogP contribution in [-0.2, 0) is 6.61 Å². The van der Waals surface area contributed by atoms with Crippen molar-refractivity contribution in [2.45, 2.75) is 6.61 Å². The normalized spacial score (nSPS) is 10.9. The molecular formula is C21H17Cl3N2O2.